The van der Waals surface area contributed by atoms with Crippen molar-refractivity contribution < 1.29 is 22.7 Å². The molecule has 0 fully saturated rings. The van der Waals surface area contributed by atoms with Crippen LogP contribution in [0.3, 0.4) is 0 Å². The molecule has 0 radical (unpaired) electrons. The molecule has 0 aliphatic heterocycles. The van der Waals surface area contributed by atoms with Gasteiger partial charge in [0.15, 0.2) is 11.5 Å². The minimum atomic E-state index is -3.87. The Bertz CT molecular complexity index is 990. The van der Waals surface area contributed by atoms with Gasteiger partial charge >= 0.3 is 0 Å². The van der Waals surface area contributed by atoms with Gasteiger partial charge in [0.05, 0.1) is 25.7 Å². The smallest absolute Gasteiger partial charge is 0.243 e. The number of hydrogen-bond acceptors (Lipinski definition) is 5. The zero-order chi connectivity index (χ0) is 23.2. The maximum atomic E-state index is 12.9. The first-order valence-electron chi connectivity index (χ1n) is 10.0. The Kier molecular flexibility index (Phi) is 8.08. The van der Waals surface area contributed by atoms with Crippen LogP contribution in [-0.2, 0) is 20.2 Å². The number of ether oxygens (including phenoxy) is 2. The highest BCUT2D eigenvalue weighted by Gasteiger charge is 2.27. The van der Waals surface area contributed by atoms with Crippen molar-refractivity contribution in [3.05, 3.63) is 54.1 Å². The third-order valence-electron chi connectivity index (χ3n) is 5.21. The van der Waals surface area contributed by atoms with Crippen LogP contribution in [0.4, 0.5) is 0 Å². The van der Waals surface area contributed by atoms with E-state index in [0.717, 1.165) is 10.7 Å². The Morgan fingerprint density at radius 2 is 1.68 bits per heavy atom. The molecule has 0 aromatic heterocycles. The molecule has 0 saturated heterocycles. The van der Waals surface area contributed by atoms with Gasteiger partial charge in [-0.05, 0) is 36.5 Å². The summed E-state index contributed by atoms with van der Waals surface area (Å²) >= 11 is 0. The van der Waals surface area contributed by atoms with E-state index in [1.807, 2.05) is 25.1 Å². The fourth-order valence-electron chi connectivity index (χ4n) is 3.59. The van der Waals surface area contributed by atoms with E-state index in [9.17, 15) is 13.2 Å². The molecule has 0 unspecified atom stereocenters. The second-order valence-corrected chi connectivity index (χ2v) is 10.2. The zero-order valence-electron chi connectivity index (χ0n) is 19.0. The average Bonchev–Trinajstić information content (AvgIpc) is 2.73. The molecule has 0 bridgehead atoms. The number of nitrogens with one attached hydrogen (secondary N) is 1. The largest absolute Gasteiger partial charge is 0.493 e. The number of sulfonamides is 1. The Morgan fingerprint density at radius 1 is 1.06 bits per heavy atom. The molecule has 0 aliphatic rings. The van der Waals surface area contributed by atoms with Gasteiger partial charge in [-0.25, -0.2) is 8.42 Å². The molecule has 1 N–H and O–H groups in total. The van der Waals surface area contributed by atoms with Gasteiger partial charge in [-0.3, -0.25) is 4.79 Å². The van der Waals surface area contributed by atoms with Crippen LogP contribution in [0.2, 0.25) is 0 Å². The van der Waals surface area contributed by atoms with Crippen LogP contribution >= 0.6 is 0 Å². The highest BCUT2D eigenvalue weighted by molar-refractivity contribution is 7.89. The van der Waals surface area contributed by atoms with E-state index in [1.54, 1.807) is 0 Å². The van der Waals surface area contributed by atoms with E-state index in [0.29, 0.717) is 11.5 Å². The zero-order valence-corrected chi connectivity index (χ0v) is 19.8. The summed E-state index contributed by atoms with van der Waals surface area (Å²) in [6.45, 7) is 5.88. The van der Waals surface area contributed by atoms with Crippen molar-refractivity contribution in [3.8, 4) is 11.5 Å². The Labute approximate surface area is 185 Å². The number of carbonyl (C=O) groups is 1. The molecular weight excluding hydrogens is 416 g/mol. The molecule has 2 aromatic rings. The number of hydrogen-bond donors (Lipinski definition) is 1. The molecule has 2 rings (SSSR count). The number of amides is 1. The van der Waals surface area contributed by atoms with Gasteiger partial charge in [0, 0.05) is 19.2 Å². The van der Waals surface area contributed by atoms with E-state index in [2.05, 4.69) is 31.3 Å². The van der Waals surface area contributed by atoms with Gasteiger partial charge in [0.1, 0.15) is 0 Å². The number of methoxy groups -OCH3 is 2. The van der Waals surface area contributed by atoms with Crippen molar-refractivity contribution in [1.82, 2.24) is 9.62 Å². The van der Waals surface area contributed by atoms with Gasteiger partial charge in [0.25, 0.3) is 0 Å². The maximum absolute atomic E-state index is 12.9. The molecule has 0 spiro atoms. The highest BCUT2D eigenvalue weighted by atomic mass is 32.2. The summed E-state index contributed by atoms with van der Waals surface area (Å²) in [4.78, 5) is 12.6. The van der Waals surface area contributed by atoms with E-state index in [-0.39, 0.29) is 28.8 Å². The fraction of sp³-hybridized carbons (Fsp3) is 0.435. The number of nitrogens with zero attached hydrogens (tertiary/aromatic N) is 1. The molecule has 0 saturated carbocycles. The van der Waals surface area contributed by atoms with Crippen molar-refractivity contribution >= 4 is 15.9 Å². The number of rotatable bonds is 10. The van der Waals surface area contributed by atoms with Crippen LogP contribution in [0.1, 0.15) is 32.8 Å². The minimum Gasteiger partial charge on any atom is -0.493 e. The lowest BCUT2D eigenvalue weighted by atomic mass is 9.79. The van der Waals surface area contributed by atoms with Crippen LogP contribution in [-0.4, -0.2) is 52.5 Å². The van der Waals surface area contributed by atoms with Crippen LogP contribution < -0.4 is 14.8 Å². The Hall–Kier alpha value is -2.58. The summed E-state index contributed by atoms with van der Waals surface area (Å²) in [6, 6.07) is 14.3. The summed E-state index contributed by atoms with van der Waals surface area (Å²) in [7, 11) is 0.420. The van der Waals surface area contributed by atoms with Gasteiger partial charge in [-0.1, -0.05) is 44.2 Å². The highest BCUT2D eigenvalue weighted by Crippen LogP contribution is 2.30. The summed E-state index contributed by atoms with van der Waals surface area (Å²) in [5.74, 6) is 0.373. The van der Waals surface area contributed by atoms with E-state index >= 15 is 0 Å². The molecule has 0 aliphatic carbocycles. The molecule has 170 valence electrons. The van der Waals surface area contributed by atoms with E-state index < -0.39 is 10.0 Å². The summed E-state index contributed by atoms with van der Waals surface area (Å²) in [5.41, 5.74) is 1.05. The summed E-state index contributed by atoms with van der Waals surface area (Å²) < 4.78 is 37.1. The minimum absolute atomic E-state index is 0.0266. The predicted molar refractivity (Wildman–Crippen MR) is 121 cm³/mol. The Balaban J connectivity index is 2.02. The van der Waals surface area contributed by atoms with E-state index in [4.69, 9.17) is 9.47 Å². The fourth-order valence-corrected chi connectivity index (χ4v) is 4.73. The monoisotopic (exact) mass is 448 g/mol. The van der Waals surface area contributed by atoms with Crippen molar-refractivity contribution in [2.75, 3.05) is 27.8 Å². The molecule has 1 amide bonds. The maximum Gasteiger partial charge on any atom is 0.243 e. The van der Waals surface area contributed by atoms with Gasteiger partial charge in [-0.15, -0.1) is 0 Å². The quantitative estimate of drug-likeness (QED) is 0.603. The molecule has 0 heterocycles. The molecule has 1 atom stereocenters. The number of carbonyl (C=O) groups excluding carboxylic acids is 1. The van der Waals surface area contributed by atoms with Crippen molar-refractivity contribution in [2.45, 2.75) is 43.5 Å². The first kappa shape index (κ1) is 24.7. The molecule has 8 heteroatoms. The molecule has 31 heavy (non-hydrogen) atoms. The van der Waals surface area contributed by atoms with Gasteiger partial charge in [0.2, 0.25) is 15.9 Å². The van der Waals surface area contributed by atoms with Crippen LogP contribution in [0.25, 0.3) is 0 Å². The lowest BCUT2D eigenvalue weighted by Gasteiger charge is -2.29. The third-order valence-corrected chi connectivity index (χ3v) is 7.01. The Morgan fingerprint density at radius 3 is 2.26 bits per heavy atom. The first-order chi connectivity index (χ1) is 14.5. The molecular formula is C23H32N2O5S. The summed E-state index contributed by atoms with van der Waals surface area (Å²) in [5, 5.41) is 2.91. The predicted octanol–water partition coefficient (Wildman–Crippen LogP) is 3.20. The second kappa shape index (κ2) is 10.2. The van der Waals surface area contributed by atoms with Gasteiger partial charge < -0.3 is 14.8 Å². The lowest BCUT2D eigenvalue weighted by Crippen LogP contribution is -2.43. The number of benzene rings is 2. The van der Waals surface area contributed by atoms with E-state index in [1.165, 1.54) is 45.0 Å². The summed E-state index contributed by atoms with van der Waals surface area (Å²) in [6.07, 6.45) is 0.717. The van der Waals surface area contributed by atoms with Gasteiger partial charge in [-0.2, -0.15) is 4.31 Å². The SMILES string of the molecule is COc1ccc(S(=O)(=O)N(C)CC(=O)N[C@H](C)CC(C)(C)c2ccccc2)cc1OC. The van der Waals surface area contributed by atoms with Crippen molar-refractivity contribution in [1.29, 1.82) is 0 Å². The van der Waals surface area contributed by atoms with Crippen LogP contribution in [0.15, 0.2) is 53.4 Å². The number of likely N-dealkylation sites (N-methyl/N-ethyl adjacent to an activating group) is 1. The van der Waals surface area contributed by atoms with Crippen LogP contribution in [0.5, 0.6) is 11.5 Å². The van der Waals surface area contributed by atoms with Crippen LogP contribution in [0, 0.1) is 0 Å². The topological polar surface area (TPSA) is 84.9 Å². The van der Waals surface area contributed by atoms with Crippen molar-refractivity contribution in [2.24, 2.45) is 0 Å². The third kappa shape index (κ3) is 6.21. The second-order valence-electron chi connectivity index (χ2n) is 8.20. The molecule has 2 aromatic carbocycles. The molecule has 7 nitrogen and oxygen atoms in total. The first-order valence-corrected chi connectivity index (χ1v) is 11.5. The normalized spacial score (nSPS) is 13.0. The van der Waals surface area contributed by atoms with Crippen molar-refractivity contribution in [3.63, 3.8) is 0 Å². The lowest BCUT2D eigenvalue weighted by molar-refractivity contribution is -0.121. The standard InChI is InChI=1S/C23H32N2O5S/c1-17(15-23(2,3)18-10-8-7-9-11-18)24-22(26)16-25(4)31(27,28)19-12-13-20(29-5)21(14-19)30-6/h7-14,17H,15-16H2,1-6H3,(H,24,26)/t17-/m1/s1. The average molecular weight is 449 g/mol.